The molecule has 0 amide bonds. The highest BCUT2D eigenvalue weighted by atomic mass is 16.5. The van der Waals surface area contributed by atoms with Gasteiger partial charge in [-0.3, -0.25) is 4.79 Å². The number of rotatable bonds is 6. The summed E-state index contributed by atoms with van der Waals surface area (Å²) in [5.41, 5.74) is 0. The summed E-state index contributed by atoms with van der Waals surface area (Å²) in [6.07, 6.45) is 1.92. The van der Waals surface area contributed by atoms with E-state index >= 15 is 0 Å². The molecular formula is C14H28N2O2. The largest absolute Gasteiger partial charge is 0.462 e. The third kappa shape index (κ3) is 5.36. The number of nitrogens with zero attached hydrogens (tertiary/aromatic N) is 1. The molecule has 0 aromatic heterocycles. The number of likely N-dealkylation sites (N-methyl/N-ethyl adjacent to an activating group) is 1. The Hall–Kier alpha value is -0.610. The SMILES string of the molecule is CC(C)CN(C)CC1CCC(C(=O)OC(C)C)N1. The Morgan fingerprint density at radius 1 is 1.33 bits per heavy atom. The van der Waals surface area contributed by atoms with Crippen LogP contribution in [-0.2, 0) is 9.53 Å². The van der Waals surface area contributed by atoms with Crippen LogP contribution in [0.15, 0.2) is 0 Å². The summed E-state index contributed by atoms with van der Waals surface area (Å²) in [6.45, 7) is 10.3. The van der Waals surface area contributed by atoms with E-state index in [0.717, 1.165) is 25.9 Å². The summed E-state index contributed by atoms with van der Waals surface area (Å²) in [6, 6.07) is 0.309. The van der Waals surface area contributed by atoms with Crippen molar-refractivity contribution in [3.8, 4) is 0 Å². The van der Waals surface area contributed by atoms with Crippen molar-refractivity contribution in [3.63, 3.8) is 0 Å². The van der Waals surface area contributed by atoms with Gasteiger partial charge in [-0.2, -0.15) is 0 Å². The fourth-order valence-electron chi connectivity index (χ4n) is 2.54. The van der Waals surface area contributed by atoms with E-state index in [1.54, 1.807) is 0 Å². The molecule has 1 N–H and O–H groups in total. The van der Waals surface area contributed by atoms with Crippen molar-refractivity contribution in [1.29, 1.82) is 0 Å². The summed E-state index contributed by atoms with van der Waals surface area (Å²) in [4.78, 5) is 14.1. The van der Waals surface area contributed by atoms with Crippen molar-refractivity contribution >= 4 is 5.97 Å². The number of nitrogens with one attached hydrogen (secondary N) is 1. The van der Waals surface area contributed by atoms with Gasteiger partial charge in [0.15, 0.2) is 0 Å². The van der Waals surface area contributed by atoms with Crippen LogP contribution in [0, 0.1) is 5.92 Å². The maximum Gasteiger partial charge on any atom is 0.323 e. The lowest BCUT2D eigenvalue weighted by molar-refractivity contribution is -0.149. The van der Waals surface area contributed by atoms with Gasteiger partial charge in [-0.15, -0.1) is 0 Å². The van der Waals surface area contributed by atoms with E-state index in [2.05, 4.69) is 31.1 Å². The minimum atomic E-state index is -0.107. The zero-order valence-electron chi connectivity index (χ0n) is 12.4. The van der Waals surface area contributed by atoms with E-state index in [1.165, 1.54) is 0 Å². The predicted molar refractivity (Wildman–Crippen MR) is 73.5 cm³/mol. The second kappa shape index (κ2) is 7.10. The first-order chi connectivity index (χ1) is 8.38. The molecular weight excluding hydrogens is 228 g/mol. The average molecular weight is 256 g/mol. The van der Waals surface area contributed by atoms with Crippen LogP contribution < -0.4 is 5.32 Å². The van der Waals surface area contributed by atoms with E-state index < -0.39 is 0 Å². The zero-order valence-corrected chi connectivity index (χ0v) is 12.4. The Balaban J connectivity index is 2.30. The number of carbonyl (C=O) groups excluding carboxylic acids is 1. The molecule has 1 aliphatic rings. The van der Waals surface area contributed by atoms with Crippen LogP contribution in [0.5, 0.6) is 0 Å². The molecule has 1 fully saturated rings. The Bertz CT molecular complexity index is 267. The molecule has 1 heterocycles. The second-order valence-electron chi connectivity index (χ2n) is 6.09. The number of ether oxygens (including phenoxy) is 1. The predicted octanol–water partition coefficient (Wildman–Crippen LogP) is 1.65. The van der Waals surface area contributed by atoms with Crippen molar-refractivity contribution in [3.05, 3.63) is 0 Å². The summed E-state index contributed by atoms with van der Waals surface area (Å²) in [5.74, 6) is 0.581. The van der Waals surface area contributed by atoms with E-state index in [4.69, 9.17) is 4.74 Å². The summed E-state index contributed by atoms with van der Waals surface area (Å²) < 4.78 is 5.24. The summed E-state index contributed by atoms with van der Waals surface area (Å²) >= 11 is 0. The summed E-state index contributed by atoms with van der Waals surface area (Å²) in [5, 5.41) is 3.38. The van der Waals surface area contributed by atoms with E-state index in [-0.39, 0.29) is 18.1 Å². The monoisotopic (exact) mass is 256 g/mol. The third-order valence-electron chi connectivity index (χ3n) is 3.09. The van der Waals surface area contributed by atoms with E-state index in [9.17, 15) is 4.79 Å². The maximum absolute atomic E-state index is 11.8. The average Bonchev–Trinajstić information content (AvgIpc) is 2.63. The number of carbonyl (C=O) groups is 1. The maximum atomic E-state index is 11.8. The Morgan fingerprint density at radius 2 is 2.00 bits per heavy atom. The molecule has 18 heavy (non-hydrogen) atoms. The van der Waals surface area contributed by atoms with E-state index in [0.29, 0.717) is 12.0 Å². The van der Waals surface area contributed by atoms with Gasteiger partial charge in [0.05, 0.1) is 6.10 Å². The topological polar surface area (TPSA) is 41.6 Å². The molecule has 0 radical (unpaired) electrons. The van der Waals surface area contributed by atoms with Crippen LogP contribution >= 0.6 is 0 Å². The first-order valence-electron chi connectivity index (χ1n) is 7.03. The smallest absolute Gasteiger partial charge is 0.323 e. The lowest BCUT2D eigenvalue weighted by Crippen LogP contribution is -2.42. The Kier molecular flexibility index (Phi) is 6.09. The molecule has 2 unspecified atom stereocenters. The van der Waals surface area contributed by atoms with Crippen LogP contribution in [0.3, 0.4) is 0 Å². The fourth-order valence-corrected chi connectivity index (χ4v) is 2.54. The highest BCUT2D eigenvalue weighted by molar-refractivity contribution is 5.76. The molecule has 4 heteroatoms. The van der Waals surface area contributed by atoms with Crippen LogP contribution in [0.2, 0.25) is 0 Å². The second-order valence-corrected chi connectivity index (χ2v) is 6.09. The van der Waals surface area contributed by atoms with Gasteiger partial charge < -0.3 is 15.0 Å². The Morgan fingerprint density at radius 3 is 2.56 bits per heavy atom. The van der Waals surface area contributed by atoms with Gasteiger partial charge in [-0.1, -0.05) is 13.8 Å². The van der Waals surface area contributed by atoms with Gasteiger partial charge >= 0.3 is 5.97 Å². The van der Waals surface area contributed by atoms with Gasteiger partial charge in [-0.25, -0.2) is 0 Å². The molecule has 106 valence electrons. The van der Waals surface area contributed by atoms with Gasteiger partial charge in [-0.05, 0) is 39.7 Å². The van der Waals surface area contributed by atoms with Crippen LogP contribution in [0.4, 0.5) is 0 Å². The molecule has 0 bridgehead atoms. The van der Waals surface area contributed by atoms with Gasteiger partial charge in [0, 0.05) is 19.1 Å². The molecule has 1 rings (SSSR count). The minimum absolute atomic E-state index is 0.0260. The Labute approximate surface area is 111 Å². The van der Waals surface area contributed by atoms with Crippen molar-refractivity contribution in [2.45, 2.75) is 58.7 Å². The number of hydrogen-bond acceptors (Lipinski definition) is 4. The van der Waals surface area contributed by atoms with Crippen molar-refractivity contribution in [1.82, 2.24) is 10.2 Å². The highest BCUT2D eigenvalue weighted by Gasteiger charge is 2.30. The van der Waals surface area contributed by atoms with Crippen molar-refractivity contribution < 1.29 is 9.53 Å². The lowest BCUT2D eigenvalue weighted by Gasteiger charge is -2.23. The van der Waals surface area contributed by atoms with Gasteiger partial charge in [0.25, 0.3) is 0 Å². The molecule has 1 saturated heterocycles. The molecule has 1 aliphatic heterocycles. The molecule has 0 aliphatic carbocycles. The quantitative estimate of drug-likeness (QED) is 0.734. The highest BCUT2D eigenvalue weighted by Crippen LogP contribution is 2.15. The lowest BCUT2D eigenvalue weighted by atomic mass is 10.1. The van der Waals surface area contributed by atoms with Crippen molar-refractivity contribution in [2.75, 3.05) is 20.1 Å². The molecule has 0 aromatic rings. The van der Waals surface area contributed by atoms with Gasteiger partial charge in [0.2, 0.25) is 0 Å². The van der Waals surface area contributed by atoms with Crippen LogP contribution in [0.25, 0.3) is 0 Å². The van der Waals surface area contributed by atoms with Crippen LogP contribution in [0.1, 0.15) is 40.5 Å². The number of esters is 1. The molecule has 0 spiro atoms. The third-order valence-corrected chi connectivity index (χ3v) is 3.09. The molecule has 0 aromatic carbocycles. The van der Waals surface area contributed by atoms with Crippen molar-refractivity contribution in [2.24, 2.45) is 5.92 Å². The standard InChI is InChI=1S/C14H28N2O2/c1-10(2)8-16(5)9-12-6-7-13(15-12)14(17)18-11(3)4/h10-13,15H,6-9H2,1-5H3. The van der Waals surface area contributed by atoms with Crippen LogP contribution in [-0.4, -0.2) is 49.2 Å². The number of hydrogen-bond donors (Lipinski definition) is 1. The van der Waals surface area contributed by atoms with E-state index in [1.807, 2.05) is 13.8 Å². The molecule has 2 atom stereocenters. The minimum Gasteiger partial charge on any atom is -0.462 e. The first-order valence-corrected chi connectivity index (χ1v) is 7.03. The molecule has 0 saturated carbocycles. The normalized spacial score (nSPS) is 24.2. The molecule has 4 nitrogen and oxygen atoms in total. The fraction of sp³-hybridized carbons (Fsp3) is 0.929. The summed E-state index contributed by atoms with van der Waals surface area (Å²) in [7, 11) is 2.14. The zero-order chi connectivity index (χ0) is 13.7. The first kappa shape index (κ1) is 15.4. The van der Waals surface area contributed by atoms with Gasteiger partial charge in [0.1, 0.15) is 6.04 Å².